The molecule has 0 N–H and O–H groups in total. The molecule has 0 aliphatic carbocycles. The maximum Gasteiger partial charge on any atom is 0.186 e. The molecule has 27 heavy (non-hydrogen) atoms. The lowest BCUT2D eigenvalue weighted by Crippen LogP contribution is -2.35. The van der Waals surface area contributed by atoms with Crippen LogP contribution in [0.5, 0.6) is 0 Å². The average molecular weight is 419 g/mol. The number of carbonyl (C=O) groups is 1. The van der Waals surface area contributed by atoms with Crippen molar-refractivity contribution in [3.63, 3.8) is 0 Å². The SMILES string of the molecule is O=C(c1ccccc1)[C@@]12CN(c3ccccc3)CN1[C@H]2c1ccc(Br)cc1. The number of para-hydroxylation sites is 1. The summed E-state index contributed by atoms with van der Waals surface area (Å²) in [6.45, 7) is 1.48. The minimum absolute atomic E-state index is 0.137. The monoisotopic (exact) mass is 418 g/mol. The lowest BCUT2D eigenvalue weighted by Gasteiger charge is -2.23. The van der Waals surface area contributed by atoms with Crippen LogP contribution in [0.25, 0.3) is 0 Å². The van der Waals surface area contributed by atoms with Crippen molar-refractivity contribution in [2.24, 2.45) is 0 Å². The molecule has 3 nitrogen and oxygen atoms in total. The van der Waals surface area contributed by atoms with Gasteiger partial charge in [-0.25, -0.2) is 0 Å². The van der Waals surface area contributed by atoms with Crippen LogP contribution in [0.4, 0.5) is 5.69 Å². The molecule has 5 rings (SSSR count). The van der Waals surface area contributed by atoms with E-state index in [0.29, 0.717) is 6.54 Å². The van der Waals surface area contributed by atoms with E-state index in [9.17, 15) is 4.79 Å². The normalized spacial score (nSPS) is 25.9. The zero-order valence-corrected chi connectivity index (χ0v) is 16.3. The van der Waals surface area contributed by atoms with Crippen LogP contribution in [0.15, 0.2) is 89.4 Å². The van der Waals surface area contributed by atoms with Crippen LogP contribution < -0.4 is 4.90 Å². The molecular formula is C23H19BrN2O. The van der Waals surface area contributed by atoms with Crippen molar-refractivity contribution in [3.8, 4) is 0 Å². The Balaban J connectivity index is 1.52. The Morgan fingerprint density at radius 2 is 1.52 bits per heavy atom. The van der Waals surface area contributed by atoms with Crippen LogP contribution in [0.2, 0.25) is 0 Å². The number of fused-ring (bicyclic) bond motifs is 1. The quantitative estimate of drug-likeness (QED) is 0.444. The Kier molecular flexibility index (Phi) is 3.92. The van der Waals surface area contributed by atoms with Gasteiger partial charge in [0, 0.05) is 22.3 Å². The number of rotatable bonds is 4. The maximum atomic E-state index is 13.6. The molecule has 2 aliphatic rings. The van der Waals surface area contributed by atoms with Gasteiger partial charge in [-0.1, -0.05) is 76.6 Å². The Morgan fingerprint density at radius 1 is 0.889 bits per heavy atom. The van der Waals surface area contributed by atoms with Crippen molar-refractivity contribution in [1.82, 2.24) is 4.90 Å². The first-order chi connectivity index (χ1) is 13.2. The number of Topliss-reactive ketones (excluding diaryl/α,β-unsaturated/α-hetero) is 1. The van der Waals surface area contributed by atoms with E-state index in [4.69, 9.17) is 0 Å². The van der Waals surface area contributed by atoms with Crippen LogP contribution >= 0.6 is 15.9 Å². The molecule has 1 unspecified atom stereocenters. The fourth-order valence-electron chi connectivity index (χ4n) is 4.38. The lowest BCUT2D eigenvalue weighted by atomic mass is 9.90. The standard InChI is InChI=1S/C23H19BrN2O/c24-19-13-11-17(12-14-19)21-23(22(27)18-7-3-1-4-8-18)15-25(16-26(21)23)20-9-5-2-6-10-20/h1-14,21H,15-16H2/t21-,23-,26?/m0/s1. The molecule has 0 saturated carbocycles. The van der Waals surface area contributed by atoms with Crippen molar-refractivity contribution >= 4 is 27.4 Å². The summed E-state index contributed by atoms with van der Waals surface area (Å²) < 4.78 is 1.06. The van der Waals surface area contributed by atoms with Gasteiger partial charge >= 0.3 is 0 Å². The summed E-state index contributed by atoms with van der Waals surface area (Å²) >= 11 is 3.51. The van der Waals surface area contributed by atoms with Crippen LogP contribution in [-0.2, 0) is 0 Å². The van der Waals surface area contributed by atoms with Gasteiger partial charge in [-0.3, -0.25) is 9.69 Å². The van der Waals surface area contributed by atoms with Crippen LogP contribution in [0.1, 0.15) is 22.0 Å². The van der Waals surface area contributed by atoms with Gasteiger partial charge in [-0.2, -0.15) is 0 Å². The molecule has 4 heteroatoms. The number of anilines is 1. The van der Waals surface area contributed by atoms with E-state index in [1.165, 1.54) is 11.3 Å². The first kappa shape index (κ1) is 16.7. The number of ketones is 1. The Labute approximate surface area is 167 Å². The van der Waals surface area contributed by atoms with Crippen LogP contribution in [0.3, 0.4) is 0 Å². The molecule has 3 atom stereocenters. The zero-order chi connectivity index (χ0) is 18.4. The highest BCUT2D eigenvalue weighted by Crippen LogP contribution is 2.59. The summed E-state index contributed by atoms with van der Waals surface area (Å²) in [4.78, 5) is 18.2. The molecule has 0 amide bonds. The summed E-state index contributed by atoms with van der Waals surface area (Å²) in [7, 11) is 0. The summed E-state index contributed by atoms with van der Waals surface area (Å²) in [6, 6.07) is 28.5. The minimum atomic E-state index is -0.481. The van der Waals surface area contributed by atoms with Crippen LogP contribution in [0, 0.1) is 0 Å². The highest BCUT2D eigenvalue weighted by atomic mass is 79.9. The van der Waals surface area contributed by atoms with E-state index in [1.54, 1.807) is 0 Å². The molecule has 134 valence electrons. The van der Waals surface area contributed by atoms with E-state index in [1.807, 2.05) is 48.5 Å². The molecule has 2 fully saturated rings. The molecule has 3 aromatic rings. The minimum Gasteiger partial charge on any atom is -0.356 e. The predicted molar refractivity (Wildman–Crippen MR) is 111 cm³/mol. The highest BCUT2D eigenvalue weighted by Gasteiger charge is 2.72. The average Bonchev–Trinajstić information content (AvgIpc) is 3.18. The first-order valence-electron chi connectivity index (χ1n) is 9.12. The zero-order valence-electron chi connectivity index (χ0n) is 14.8. The summed E-state index contributed by atoms with van der Waals surface area (Å²) in [6.07, 6.45) is 0. The predicted octanol–water partition coefficient (Wildman–Crippen LogP) is 4.91. The smallest absolute Gasteiger partial charge is 0.186 e. The molecule has 0 bridgehead atoms. The first-order valence-corrected chi connectivity index (χ1v) is 9.91. The van der Waals surface area contributed by atoms with Crippen molar-refractivity contribution in [2.45, 2.75) is 11.6 Å². The third kappa shape index (κ3) is 2.63. The van der Waals surface area contributed by atoms with Crippen LogP contribution in [-0.4, -0.2) is 29.4 Å². The number of nitrogens with zero attached hydrogens (tertiary/aromatic N) is 2. The van der Waals surface area contributed by atoms with Gasteiger partial charge in [0.2, 0.25) is 0 Å². The maximum absolute atomic E-state index is 13.6. The van der Waals surface area contributed by atoms with Gasteiger partial charge in [0.25, 0.3) is 0 Å². The van der Waals surface area contributed by atoms with Gasteiger partial charge in [0.05, 0.1) is 12.7 Å². The van der Waals surface area contributed by atoms with Gasteiger partial charge < -0.3 is 4.90 Å². The number of hydrogen-bond donors (Lipinski definition) is 0. The number of carbonyl (C=O) groups excluding carboxylic acids is 1. The second kappa shape index (κ2) is 6.32. The van der Waals surface area contributed by atoms with E-state index in [0.717, 1.165) is 16.7 Å². The number of halogens is 1. The Morgan fingerprint density at radius 3 is 2.19 bits per heavy atom. The molecular weight excluding hydrogens is 400 g/mol. The van der Waals surface area contributed by atoms with Gasteiger partial charge in [-0.05, 0) is 29.8 Å². The second-order valence-corrected chi connectivity index (χ2v) is 8.13. The summed E-state index contributed by atoms with van der Waals surface area (Å²) in [5.41, 5.74) is 2.68. The fraction of sp³-hybridized carbons (Fsp3) is 0.174. The Hall–Kier alpha value is -2.43. The summed E-state index contributed by atoms with van der Waals surface area (Å²) in [5, 5.41) is 0. The van der Waals surface area contributed by atoms with Crippen molar-refractivity contribution in [3.05, 3.63) is 101 Å². The fourth-order valence-corrected chi connectivity index (χ4v) is 4.64. The van der Waals surface area contributed by atoms with Gasteiger partial charge in [0.15, 0.2) is 5.78 Å². The third-order valence-electron chi connectivity index (χ3n) is 5.70. The molecule has 0 spiro atoms. The van der Waals surface area contributed by atoms with E-state index < -0.39 is 5.54 Å². The van der Waals surface area contributed by atoms with E-state index in [-0.39, 0.29) is 11.8 Å². The second-order valence-electron chi connectivity index (χ2n) is 7.22. The highest BCUT2D eigenvalue weighted by molar-refractivity contribution is 9.10. The lowest BCUT2D eigenvalue weighted by molar-refractivity contribution is 0.0933. The number of benzene rings is 3. The Bertz CT molecular complexity index is 974. The van der Waals surface area contributed by atoms with Crippen molar-refractivity contribution in [1.29, 1.82) is 0 Å². The number of hydrogen-bond acceptors (Lipinski definition) is 3. The topological polar surface area (TPSA) is 23.3 Å². The largest absolute Gasteiger partial charge is 0.356 e. The van der Waals surface area contributed by atoms with Gasteiger partial charge in [0.1, 0.15) is 5.54 Å². The third-order valence-corrected chi connectivity index (χ3v) is 6.23. The molecule has 3 aromatic carbocycles. The molecule has 2 saturated heterocycles. The van der Waals surface area contributed by atoms with E-state index >= 15 is 0 Å². The van der Waals surface area contributed by atoms with E-state index in [2.05, 4.69) is 62.1 Å². The molecule has 0 aromatic heterocycles. The van der Waals surface area contributed by atoms with Gasteiger partial charge in [-0.15, -0.1) is 0 Å². The van der Waals surface area contributed by atoms with Crippen molar-refractivity contribution < 1.29 is 4.79 Å². The van der Waals surface area contributed by atoms with Crippen molar-refractivity contribution in [2.75, 3.05) is 18.1 Å². The summed E-state index contributed by atoms with van der Waals surface area (Å²) in [5.74, 6) is 0.217. The molecule has 0 radical (unpaired) electrons. The molecule has 2 aliphatic heterocycles. The molecule has 2 heterocycles.